The van der Waals surface area contributed by atoms with Crippen molar-refractivity contribution >= 4 is 34.3 Å². The fourth-order valence-electron chi connectivity index (χ4n) is 6.33. The van der Waals surface area contributed by atoms with Gasteiger partial charge in [0.25, 0.3) is 0 Å². The van der Waals surface area contributed by atoms with E-state index in [1.54, 1.807) is 0 Å². The minimum atomic E-state index is -1.25. The number of nitrogens with zero attached hydrogens (tertiary/aromatic N) is 1. The molecule has 5 atom stereocenters. The van der Waals surface area contributed by atoms with Gasteiger partial charge in [-0.05, 0) is 43.9 Å². The molecule has 0 saturated carbocycles. The average molecular weight is 457 g/mol. The van der Waals surface area contributed by atoms with Gasteiger partial charge in [0.05, 0.1) is 11.8 Å². The zero-order chi connectivity index (χ0) is 23.8. The first-order valence-corrected chi connectivity index (χ1v) is 12.0. The number of imide groups is 1. The summed E-state index contributed by atoms with van der Waals surface area (Å²) >= 11 is 0. The van der Waals surface area contributed by atoms with E-state index in [1.807, 2.05) is 63.4 Å². The Bertz CT molecular complexity index is 1360. The molecule has 2 saturated heterocycles. The zero-order valence-electron chi connectivity index (χ0n) is 19.5. The summed E-state index contributed by atoms with van der Waals surface area (Å²) in [5.41, 5.74) is 3.29. The van der Waals surface area contributed by atoms with Gasteiger partial charge >= 0.3 is 0 Å². The highest BCUT2D eigenvalue weighted by Crippen LogP contribution is 2.54. The highest BCUT2D eigenvalue weighted by molar-refractivity contribution is 6.15. The molecule has 0 unspecified atom stereocenters. The molecule has 1 spiro atoms. The molecule has 3 aliphatic rings. The minimum absolute atomic E-state index is 0.174. The largest absolute Gasteiger partial charge is 0.361 e. The standard InChI is InChI=1S/C27H28N4O3/c1-4-15(3)31-24(32)21-20(12-16-13-28-19-11-6-5-9-17(16)19)30-27(22(21)25(31)33)18-10-7-8-14(2)23(18)29-26(27)34/h5-11,13,15,20-22,28,30H,4,12H2,1-3H3,(H,29,34)/t15-,20-,21+,22-,27-/m0/s1. The topological polar surface area (TPSA) is 94.3 Å². The maximum Gasteiger partial charge on any atom is 0.250 e. The number of rotatable bonds is 4. The van der Waals surface area contributed by atoms with Crippen LogP contribution in [0.5, 0.6) is 0 Å². The molecule has 7 heteroatoms. The number of aromatic nitrogens is 1. The van der Waals surface area contributed by atoms with E-state index in [4.69, 9.17) is 0 Å². The predicted molar refractivity (Wildman–Crippen MR) is 129 cm³/mol. The summed E-state index contributed by atoms with van der Waals surface area (Å²) in [6.45, 7) is 5.82. The molecule has 0 aliphatic carbocycles. The van der Waals surface area contributed by atoms with Crippen LogP contribution in [0.2, 0.25) is 0 Å². The summed E-state index contributed by atoms with van der Waals surface area (Å²) in [4.78, 5) is 46.0. The van der Waals surface area contributed by atoms with Crippen molar-refractivity contribution in [1.29, 1.82) is 0 Å². The lowest BCUT2D eigenvalue weighted by molar-refractivity contribution is -0.145. The molecule has 0 radical (unpaired) electrons. The summed E-state index contributed by atoms with van der Waals surface area (Å²) < 4.78 is 0. The highest BCUT2D eigenvalue weighted by Gasteiger charge is 2.70. The second-order valence-corrected chi connectivity index (χ2v) is 9.88. The lowest BCUT2D eigenvalue weighted by Gasteiger charge is -2.31. The third-order valence-electron chi connectivity index (χ3n) is 8.14. The Morgan fingerprint density at radius 1 is 1.06 bits per heavy atom. The van der Waals surface area contributed by atoms with E-state index >= 15 is 0 Å². The van der Waals surface area contributed by atoms with Crippen LogP contribution in [-0.4, -0.2) is 39.7 Å². The molecule has 7 nitrogen and oxygen atoms in total. The molecule has 3 aromatic rings. The number of nitrogens with one attached hydrogen (secondary N) is 3. The van der Waals surface area contributed by atoms with E-state index in [0.717, 1.165) is 33.3 Å². The van der Waals surface area contributed by atoms with Crippen molar-refractivity contribution in [2.45, 2.75) is 51.2 Å². The smallest absolute Gasteiger partial charge is 0.250 e. The van der Waals surface area contributed by atoms with Gasteiger partial charge in [-0.1, -0.05) is 43.3 Å². The number of aryl methyl sites for hydroxylation is 1. The first kappa shape index (κ1) is 21.1. The number of carbonyl (C=O) groups excluding carboxylic acids is 3. The quantitative estimate of drug-likeness (QED) is 0.526. The van der Waals surface area contributed by atoms with Gasteiger partial charge in [-0.25, -0.2) is 0 Å². The fraction of sp³-hybridized carbons (Fsp3) is 0.370. The SMILES string of the molecule is CC[C@H](C)N1C(=O)[C@@H]2[C@H](Cc3c[nH]c4ccccc34)N[C@]3(C(=O)Nc4c(C)cccc43)[C@@H]2C1=O. The molecular formula is C27H28N4O3. The Balaban J connectivity index is 1.50. The lowest BCUT2D eigenvalue weighted by atomic mass is 9.76. The first-order chi connectivity index (χ1) is 16.4. The van der Waals surface area contributed by atoms with Gasteiger partial charge in [0.15, 0.2) is 0 Å². The monoisotopic (exact) mass is 456 g/mol. The number of hydrogen-bond donors (Lipinski definition) is 3. The summed E-state index contributed by atoms with van der Waals surface area (Å²) in [5, 5.41) is 7.66. The van der Waals surface area contributed by atoms with Crippen LogP contribution in [0.3, 0.4) is 0 Å². The lowest BCUT2D eigenvalue weighted by Crippen LogP contribution is -2.54. The summed E-state index contributed by atoms with van der Waals surface area (Å²) in [6, 6.07) is 13.2. The van der Waals surface area contributed by atoms with Crippen molar-refractivity contribution in [1.82, 2.24) is 15.2 Å². The molecule has 2 fully saturated rings. The Morgan fingerprint density at radius 2 is 1.85 bits per heavy atom. The van der Waals surface area contributed by atoms with Crippen LogP contribution in [0.15, 0.2) is 48.7 Å². The fourth-order valence-corrected chi connectivity index (χ4v) is 6.33. The average Bonchev–Trinajstić information content (AvgIpc) is 3.54. The maximum atomic E-state index is 13.8. The number of H-pyrrole nitrogens is 1. The van der Waals surface area contributed by atoms with E-state index in [9.17, 15) is 14.4 Å². The highest BCUT2D eigenvalue weighted by atomic mass is 16.2. The zero-order valence-corrected chi connectivity index (χ0v) is 19.5. The summed E-state index contributed by atoms with van der Waals surface area (Å²) in [7, 11) is 0. The Kier molecular flexibility index (Phi) is 4.51. The molecule has 4 heterocycles. The Labute approximate surface area is 197 Å². The Hall–Kier alpha value is -3.45. The molecule has 6 rings (SSSR count). The molecule has 2 aromatic carbocycles. The van der Waals surface area contributed by atoms with E-state index < -0.39 is 17.4 Å². The van der Waals surface area contributed by atoms with E-state index in [1.165, 1.54) is 4.90 Å². The second-order valence-electron chi connectivity index (χ2n) is 9.88. The molecule has 0 bridgehead atoms. The summed E-state index contributed by atoms with van der Waals surface area (Å²) in [6.07, 6.45) is 3.17. The van der Waals surface area contributed by atoms with Gasteiger partial charge in [0.1, 0.15) is 5.54 Å². The van der Waals surface area contributed by atoms with Crippen molar-refractivity contribution < 1.29 is 14.4 Å². The third kappa shape index (κ3) is 2.59. The number of benzene rings is 2. The van der Waals surface area contributed by atoms with Gasteiger partial charge in [0.2, 0.25) is 17.7 Å². The predicted octanol–water partition coefficient (Wildman–Crippen LogP) is 3.24. The van der Waals surface area contributed by atoms with Crippen molar-refractivity contribution in [3.8, 4) is 0 Å². The number of aromatic amines is 1. The molecule has 3 N–H and O–H groups in total. The van der Waals surface area contributed by atoms with Crippen molar-refractivity contribution in [3.05, 3.63) is 65.4 Å². The molecule has 1 aromatic heterocycles. The van der Waals surface area contributed by atoms with Gasteiger partial charge in [-0.2, -0.15) is 0 Å². The van der Waals surface area contributed by atoms with E-state index in [-0.39, 0.29) is 29.8 Å². The number of carbonyl (C=O) groups is 3. The summed E-state index contributed by atoms with van der Waals surface area (Å²) in [5.74, 6) is -2.05. The van der Waals surface area contributed by atoms with Crippen LogP contribution in [0.1, 0.15) is 37.0 Å². The normalized spacial score (nSPS) is 28.6. The van der Waals surface area contributed by atoms with E-state index in [2.05, 4.69) is 21.7 Å². The van der Waals surface area contributed by atoms with Crippen LogP contribution in [0.4, 0.5) is 5.69 Å². The van der Waals surface area contributed by atoms with Crippen LogP contribution < -0.4 is 10.6 Å². The molecular weight excluding hydrogens is 428 g/mol. The van der Waals surface area contributed by atoms with Gasteiger partial charge in [-0.15, -0.1) is 0 Å². The number of likely N-dealkylation sites (tertiary alicyclic amines) is 1. The maximum absolute atomic E-state index is 13.8. The van der Waals surface area contributed by atoms with Crippen LogP contribution >= 0.6 is 0 Å². The minimum Gasteiger partial charge on any atom is -0.361 e. The third-order valence-corrected chi connectivity index (χ3v) is 8.14. The van der Waals surface area contributed by atoms with Crippen LogP contribution in [0.25, 0.3) is 10.9 Å². The van der Waals surface area contributed by atoms with Gasteiger partial charge in [-0.3, -0.25) is 24.6 Å². The molecule has 3 aliphatic heterocycles. The second kappa shape index (κ2) is 7.27. The van der Waals surface area contributed by atoms with Crippen molar-refractivity contribution in [2.75, 3.05) is 5.32 Å². The number of amides is 3. The van der Waals surface area contributed by atoms with Crippen LogP contribution in [-0.2, 0) is 26.3 Å². The van der Waals surface area contributed by atoms with Gasteiger partial charge < -0.3 is 10.3 Å². The van der Waals surface area contributed by atoms with E-state index in [0.29, 0.717) is 12.8 Å². The van der Waals surface area contributed by atoms with Crippen molar-refractivity contribution in [2.24, 2.45) is 11.8 Å². The number of para-hydroxylation sites is 2. The first-order valence-electron chi connectivity index (χ1n) is 12.0. The molecule has 174 valence electrons. The number of anilines is 1. The van der Waals surface area contributed by atoms with Crippen molar-refractivity contribution in [3.63, 3.8) is 0 Å². The van der Waals surface area contributed by atoms with Crippen LogP contribution in [0, 0.1) is 18.8 Å². The van der Waals surface area contributed by atoms with Gasteiger partial charge in [0, 0.05) is 40.4 Å². The number of hydrogen-bond acceptors (Lipinski definition) is 4. The number of fused-ring (bicyclic) bond motifs is 5. The molecule has 3 amide bonds. The molecule has 34 heavy (non-hydrogen) atoms. The Morgan fingerprint density at radius 3 is 2.65 bits per heavy atom.